The molecule has 0 aliphatic carbocycles. The molecule has 0 aromatic heterocycles. The van der Waals surface area contributed by atoms with Crippen molar-refractivity contribution in [2.24, 2.45) is 11.7 Å². The number of thioether (sulfide) groups is 1. The van der Waals surface area contributed by atoms with Crippen LogP contribution in [0, 0.1) is 5.92 Å². The minimum absolute atomic E-state index is 0.0202. The highest BCUT2D eigenvalue weighted by atomic mass is 32.2. The molecule has 162 valence electrons. The Morgan fingerprint density at radius 2 is 1.50 bits per heavy atom. The van der Waals surface area contributed by atoms with Gasteiger partial charge in [-0.25, -0.2) is 4.79 Å². The number of aliphatic carboxylic acids is 1. The molecule has 12 heteroatoms. The number of hydrogen-bond donors (Lipinski definition) is 7. The second kappa shape index (κ2) is 13.6. The van der Waals surface area contributed by atoms with Gasteiger partial charge in [0.2, 0.25) is 17.7 Å². The van der Waals surface area contributed by atoms with Gasteiger partial charge in [-0.05, 0) is 24.3 Å². The molecule has 3 amide bonds. The molecule has 0 radical (unpaired) electrons. The summed E-state index contributed by atoms with van der Waals surface area (Å²) in [6.45, 7) is 2.75. The van der Waals surface area contributed by atoms with Crippen molar-refractivity contribution >= 4 is 48.1 Å². The van der Waals surface area contributed by atoms with Crippen LogP contribution in [0.4, 0.5) is 0 Å². The van der Waals surface area contributed by atoms with Crippen LogP contribution in [0.15, 0.2) is 0 Å². The summed E-state index contributed by atoms with van der Waals surface area (Å²) in [5, 5.41) is 25.2. The van der Waals surface area contributed by atoms with Gasteiger partial charge in [0, 0.05) is 5.75 Å². The first kappa shape index (κ1) is 26.5. The number of carboxylic acids is 1. The third-order valence-electron chi connectivity index (χ3n) is 3.88. The average Bonchev–Trinajstić information content (AvgIpc) is 2.65. The molecule has 10 nitrogen and oxygen atoms in total. The van der Waals surface area contributed by atoms with Crippen LogP contribution in [0.1, 0.15) is 20.3 Å². The summed E-state index contributed by atoms with van der Waals surface area (Å²) in [6, 6.07) is -4.33. The summed E-state index contributed by atoms with van der Waals surface area (Å²) in [4.78, 5) is 47.9. The van der Waals surface area contributed by atoms with E-state index in [1.54, 1.807) is 13.8 Å². The van der Waals surface area contributed by atoms with Crippen LogP contribution in [-0.4, -0.2) is 82.4 Å². The summed E-state index contributed by atoms with van der Waals surface area (Å²) < 4.78 is 0. The molecule has 28 heavy (non-hydrogen) atoms. The van der Waals surface area contributed by atoms with Crippen molar-refractivity contribution in [2.75, 3.05) is 24.4 Å². The maximum atomic E-state index is 12.5. The molecule has 4 unspecified atom stereocenters. The molecule has 0 aliphatic heterocycles. The predicted octanol–water partition coefficient (Wildman–Crippen LogP) is -1.82. The number of carboxylic acid groups (broad SMARTS) is 1. The van der Waals surface area contributed by atoms with E-state index < -0.39 is 54.5 Å². The lowest BCUT2D eigenvalue weighted by Gasteiger charge is -2.24. The highest BCUT2D eigenvalue weighted by Crippen LogP contribution is 2.04. The number of hydrogen-bond acceptors (Lipinski definition) is 8. The van der Waals surface area contributed by atoms with Crippen molar-refractivity contribution < 1.29 is 29.4 Å². The Balaban J connectivity index is 5.12. The number of aliphatic hydroxyl groups excluding tert-OH is 1. The number of thiol groups is 1. The van der Waals surface area contributed by atoms with Crippen LogP contribution in [-0.2, 0) is 19.2 Å². The molecule has 0 fully saturated rings. The van der Waals surface area contributed by atoms with E-state index in [2.05, 4.69) is 28.6 Å². The highest BCUT2D eigenvalue weighted by Gasteiger charge is 2.29. The first-order chi connectivity index (χ1) is 13.1. The van der Waals surface area contributed by atoms with E-state index in [1.165, 1.54) is 11.8 Å². The molecule has 7 N–H and O–H groups in total. The van der Waals surface area contributed by atoms with Gasteiger partial charge >= 0.3 is 5.97 Å². The quantitative estimate of drug-likeness (QED) is 0.165. The summed E-state index contributed by atoms with van der Waals surface area (Å²) in [6.07, 6.45) is 2.05. The number of nitrogens with one attached hydrogen (secondary N) is 3. The standard InChI is InChI=1S/C16H30N4O6S2/c1-8(2)12(17)15(24)20-11(7-27)14(23)18-9(4-5-28-3)13(22)19-10(6-21)16(25)26/h8-12,21,27H,4-7,17H2,1-3H3,(H,18,23)(H,19,22)(H,20,24)(H,25,26). The van der Waals surface area contributed by atoms with Gasteiger partial charge < -0.3 is 31.9 Å². The second-order valence-electron chi connectivity index (χ2n) is 6.44. The molecular weight excluding hydrogens is 408 g/mol. The fourth-order valence-electron chi connectivity index (χ4n) is 2.00. The Bertz CT molecular complexity index is 549. The SMILES string of the molecule is CSCCC(NC(=O)C(CS)NC(=O)C(N)C(C)C)C(=O)NC(CO)C(=O)O. The van der Waals surface area contributed by atoms with E-state index in [0.717, 1.165) is 0 Å². The highest BCUT2D eigenvalue weighted by molar-refractivity contribution is 7.98. The summed E-state index contributed by atoms with van der Waals surface area (Å²) in [5.74, 6) is -2.92. The zero-order valence-corrected chi connectivity index (χ0v) is 17.9. The summed E-state index contributed by atoms with van der Waals surface area (Å²) >= 11 is 5.50. The lowest BCUT2D eigenvalue weighted by atomic mass is 10.0. The van der Waals surface area contributed by atoms with Crippen LogP contribution in [0.3, 0.4) is 0 Å². The zero-order chi connectivity index (χ0) is 21.9. The Hall–Kier alpha value is -1.50. The maximum Gasteiger partial charge on any atom is 0.328 e. The largest absolute Gasteiger partial charge is 0.480 e. The Labute approximate surface area is 174 Å². The molecular formula is C16H30N4O6S2. The second-order valence-corrected chi connectivity index (χ2v) is 7.79. The van der Waals surface area contributed by atoms with Crippen molar-refractivity contribution in [3.05, 3.63) is 0 Å². The minimum atomic E-state index is -1.48. The molecule has 4 atom stereocenters. The minimum Gasteiger partial charge on any atom is -0.480 e. The van der Waals surface area contributed by atoms with Gasteiger partial charge in [0.1, 0.15) is 18.1 Å². The van der Waals surface area contributed by atoms with Crippen molar-refractivity contribution in [2.45, 2.75) is 44.4 Å². The van der Waals surface area contributed by atoms with Crippen LogP contribution >= 0.6 is 24.4 Å². The average molecular weight is 439 g/mol. The van der Waals surface area contributed by atoms with Crippen LogP contribution in [0.25, 0.3) is 0 Å². The third-order valence-corrected chi connectivity index (χ3v) is 4.89. The first-order valence-corrected chi connectivity index (χ1v) is 10.7. The van der Waals surface area contributed by atoms with Gasteiger partial charge in [0.15, 0.2) is 0 Å². The monoisotopic (exact) mass is 438 g/mol. The van der Waals surface area contributed by atoms with E-state index in [-0.39, 0.29) is 18.1 Å². The van der Waals surface area contributed by atoms with Crippen LogP contribution in [0.2, 0.25) is 0 Å². The van der Waals surface area contributed by atoms with E-state index in [9.17, 15) is 19.2 Å². The third kappa shape index (κ3) is 9.13. The maximum absolute atomic E-state index is 12.5. The molecule has 0 aliphatic rings. The van der Waals surface area contributed by atoms with Gasteiger partial charge in [-0.1, -0.05) is 13.8 Å². The van der Waals surface area contributed by atoms with Crippen LogP contribution < -0.4 is 21.7 Å². The van der Waals surface area contributed by atoms with Gasteiger partial charge in [-0.2, -0.15) is 24.4 Å². The molecule has 0 rings (SSSR count). The fraction of sp³-hybridized carbons (Fsp3) is 0.750. The van der Waals surface area contributed by atoms with Crippen molar-refractivity contribution in [1.29, 1.82) is 0 Å². The number of carbonyl (C=O) groups excluding carboxylic acids is 3. The Kier molecular flexibility index (Phi) is 12.9. The topological polar surface area (TPSA) is 171 Å². The molecule has 0 aromatic rings. The lowest BCUT2D eigenvalue weighted by molar-refractivity contribution is -0.143. The fourth-order valence-corrected chi connectivity index (χ4v) is 2.73. The van der Waals surface area contributed by atoms with E-state index in [4.69, 9.17) is 15.9 Å². The molecule has 0 spiro atoms. The van der Waals surface area contributed by atoms with E-state index in [1.807, 2.05) is 6.26 Å². The van der Waals surface area contributed by atoms with Crippen molar-refractivity contribution in [3.63, 3.8) is 0 Å². The Morgan fingerprint density at radius 3 is 1.93 bits per heavy atom. The number of amides is 3. The number of nitrogens with two attached hydrogens (primary N) is 1. The van der Waals surface area contributed by atoms with Gasteiger partial charge in [-0.3, -0.25) is 14.4 Å². The van der Waals surface area contributed by atoms with Crippen LogP contribution in [0.5, 0.6) is 0 Å². The van der Waals surface area contributed by atoms with E-state index in [0.29, 0.717) is 5.75 Å². The smallest absolute Gasteiger partial charge is 0.328 e. The molecule has 0 aromatic carbocycles. The number of carbonyl (C=O) groups is 4. The number of aliphatic hydroxyl groups is 1. The zero-order valence-electron chi connectivity index (χ0n) is 16.2. The van der Waals surface area contributed by atoms with Crippen molar-refractivity contribution in [1.82, 2.24) is 16.0 Å². The lowest BCUT2D eigenvalue weighted by Crippen LogP contribution is -2.58. The molecule has 0 saturated carbocycles. The van der Waals surface area contributed by atoms with Gasteiger partial charge in [0.25, 0.3) is 0 Å². The normalized spacial score (nSPS) is 15.2. The first-order valence-electron chi connectivity index (χ1n) is 8.69. The summed E-state index contributed by atoms with van der Waals surface area (Å²) in [5.41, 5.74) is 5.76. The van der Waals surface area contributed by atoms with E-state index >= 15 is 0 Å². The molecule has 0 heterocycles. The molecule has 0 saturated heterocycles. The Morgan fingerprint density at radius 1 is 1.00 bits per heavy atom. The van der Waals surface area contributed by atoms with Gasteiger partial charge in [-0.15, -0.1) is 0 Å². The number of rotatable bonds is 13. The summed E-state index contributed by atoms with van der Waals surface area (Å²) in [7, 11) is 0. The predicted molar refractivity (Wildman–Crippen MR) is 110 cm³/mol. The van der Waals surface area contributed by atoms with Crippen molar-refractivity contribution in [3.8, 4) is 0 Å². The van der Waals surface area contributed by atoms with Gasteiger partial charge in [0.05, 0.1) is 12.6 Å². The molecule has 0 bridgehead atoms.